The molecular weight excluding hydrogens is 347 g/mol. The molecule has 0 saturated heterocycles. The summed E-state index contributed by atoms with van der Waals surface area (Å²) >= 11 is 0. The fourth-order valence-electron chi connectivity index (χ4n) is 2.44. The van der Waals surface area contributed by atoms with Crippen LogP contribution in [0.3, 0.4) is 0 Å². The van der Waals surface area contributed by atoms with Gasteiger partial charge in [-0.05, 0) is 36.8 Å². The van der Waals surface area contributed by atoms with Crippen LogP contribution in [0, 0.1) is 5.82 Å². The van der Waals surface area contributed by atoms with E-state index in [9.17, 15) is 9.18 Å². The predicted molar refractivity (Wildman–Crippen MR) is 100 cm³/mol. The van der Waals surface area contributed by atoms with Crippen molar-refractivity contribution in [3.05, 3.63) is 78.5 Å². The van der Waals surface area contributed by atoms with Gasteiger partial charge in [-0.3, -0.25) is 9.88 Å². The highest BCUT2D eigenvalue weighted by atomic mass is 19.1. The van der Waals surface area contributed by atoms with Crippen molar-refractivity contribution in [1.29, 1.82) is 0 Å². The van der Waals surface area contributed by atoms with E-state index in [0.717, 1.165) is 5.56 Å². The molecule has 0 radical (unpaired) electrons. The third-order valence-electron chi connectivity index (χ3n) is 3.69. The van der Waals surface area contributed by atoms with Gasteiger partial charge in [0, 0.05) is 31.1 Å². The van der Waals surface area contributed by atoms with Gasteiger partial charge in [-0.15, -0.1) is 0 Å². The summed E-state index contributed by atoms with van der Waals surface area (Å²) in [6, 6.07) is 12.7. The minimum atomic E-state index is -0.386. The Morgan fingerprint density at radius 2 is 2.07 bits per heavy atom. The molecule has 0 unspecified atom stereocenters. The Bertz CT molecular complexity index is 888. The molecule has 27 heavy (non-hydrogen) atoms. The number of amides is 2. The second-order valence-electron chi connectivity index (χ2n) is 5.70. The Kier molecular flexibility index (Phi) is 5.94. The lowest BCUT2D eigenvalue weighted by Gasteiger charge is -2.22. The van der Waals surface area contributed by atoms with E-state index < -0.39 is 0 Å². The van der Waals surface area contributed by atoms with Gasteiger partial charge < -0.3 is 10.1 Å². The van der Waals surface area contributed by atoms with Crippen LogP contribution in [0.25, 0.3) is 0 Å². The van der Waals surface area contributed by atoms with Crippen LogP contribution in [0.2, 0.25) is 0 Å². The fourth-order valence-corrected chi connectivity index (χ4v) is 2.44. The summed E-state index contributed by atoms with van der Waals surface area (Å²) < 4.78 is 18.8. The summed E-state index contributed by atoms with van der Waals surface area (Å²) in [7, 11) is 0. The summed E-state index contributed by atoms with van der Waals surface area (Å²) in [6.45, 7) is 2.72. The molecule has 7 heteroatoms. The Morgan fingerprint density at radius 3 is 2.74 bits per heavy atom. The van der Waals surface area contributed by atoms with Gasteiger partial charge in [0.25, 0.3) is 0 Å². The number of ether oxygens (including phenoxy) is 1. The number of carbonyl (C=O) groups is 1. The topological polar surface area (TPSA) is 67.4 Å². The third kappa shape index (κ3) is 5.01. The van der Waals surface area contributed by atoms with Crippen LogP contribution >= 0.6 is 0 Å². The minimum Gasteiger partial charge on any atom is -0.439 e. The van der Waals surface area contributed by atoms with Crippen LogP contribution in [-0.4, -0.2) is 22.5 Å². The van der Waals surface area contributed by atoms with Crippen LogP contribution in [0.4, 0.5) is 14.9 Å². The van der Waals surface area contributed by atoms with Crippen LogP contribution in [-0.2, 0) is 6.54 Å². The van der Waals surface area contributed by atoms with Crippen molar-refractivity contribution in [3.63, 3.8) is 0 Å². The molecule has 0 aliphatic carbocycles. The molecule has 0 aliphatic rings. The van der Waals surface area contributed by atoms with Gasteiger partial charge in [0.05, 0.1) is 18.4 Å². The van der Waals surface area contributed by atoms with E-state index in [0.29, 0.717) is 30.4 Å². The smallest absolute Gasteiger partial charge is 0.322 e. The normalized spacial score (nSPS) is 10.3. The second kappa shape index (κ2) is 8.75. The van der Waals surface area contributed by atoms with E-state index in [-0.39, 0.29) is 11.8 Å². The molecule has 3 aromatic rings. The average molecular weight is 366 g/mol. The number of rotatable bonds is 6. The quantitative estimate of drug-likeness (QED) is 0.712. The highest BCUT2D eigenvalue weighted by molar-refractivity contribution is 5.91. The maximum atomic E-state index is 13.3. The summed E-state index contributed by atoms with van der Waals surface area (Å²) in [5.41, 5.74) is 1.50. The first-order chi connectivity index (χ1) is 13.2. The average Bonchev–Trinajstić information content (AvgIpc) is 2.68. The van der Waals surface area contributed by atoms with Gasteiger partial charge in [-0.2, -0.15) is 0 Å². The zero-order valence-corrected chi connectivity index (χ0v) is 14.8. The monoisotopic (exact) mass is 366 g/mol. The number of nitrogens with zero attached hydrogens (tertiary/aromatic N) is 3. The number of hydrogen-bond acceptors (Lipinski definition) is 4. The van der Waals surface area contributed by atoms with Crippen molar-refractivity contribution >= 4 is 11.7 Å². The molecule has 138 valence electrons. The van der Waals surface area contributed by atoms with Gasteiger partial charge in [-0.1, -0.05) is 12.1 Å². The number of carbonyl (C=O) groups excluding carboxylic acids is 1. The highest BCUT2D eigenvalue weighted by Gasteiger charge is 2.16. The molecule has 0 fully saturated rings. The van der Waals surface area contributed by atoms with Gasteiger partial charge in [0.1, 0.15) is 11.6 Å². The number of aromatic nitrogens is 2. The van der Waals surface area contributed by atoms with Gasteiger partial charge in [-0.25, -0.2) is 14.2 Å². The Morgan fingerprint density at radius 1 is 1.19 bits per heavy atom. The van der Waals surface area contributed by atoms with Crippen molar-refractivity contribution in [2.45, 2.75) is 13.5 Å². The van der Waals surface area contributed by atoms with Crippen molar-refractivity contribution in [3.8, 4) is 11.6 Å². The van der Waals surface area contributed by atoms with E-state index in [1.807, 2.05) is 19.1 Å². The fraction of sp³-hybridized carbons (Fsp3) is 0.150. The Balaban J connectivity index is 1.78. The Hall–Kier alpha value is -3.48. The van der Waals surface area contributed by atoms with Crippen molar-refractivity contribution < 1.29 is 13.9 Å². The van der Waals surface area contributed by atoms with Crippen LogP contribution < -0.4 is 15.0 Å². The van der Waals surface area contributed by atoms with E-state index in [1.165, 1.54) is 12.1 Å². The molecule has 2 heterocycles. The molecule has 6 nitrogen and oxygen atoms in total. The molecule has 2 amide bonds. The standard InChI is InChI=1S/C20H19FN4O2/c1-2-23-20(26)25(14-15-5-4-10-22-12-15)17-8-9-19(24-13-17)27-18-7-3-6-16(21)11-18/h3-13H,2,14H2,1H3,(H,23,26). The number of benzene rings is 1. The summed E-state index contributed by atoms with van der Waals surface area (Å²) in [6.07, 6.45) is 4.93. The molecule has 0 spiro atoms. The number of pyridine rings is 2. The van der Waals surface area contributed by atoms with Crippen LogP contribution in [0.5, 0.6) is 11.6 Å². The summed E-state index contributed by atoms with van der Waals surface area (Å²) in [4.78, 5) is 22.3. The van der Waals surface area contributed by atoms with E-state index >= 15 is 0 Å². The second-order valence-corrected chi connectivity index (χ2v) is 5.70. The lowest BCUT2D eigenvalue weighted by molar-refractivity contribution is 0.246. The molecule has 0 bridgehead atoms. The van der Waals surface area contributed by atoms with Gasteiger partial charge >= 0.3 is 6.03 Å². The van der Waals surface area contributed by atoms with E-state index in [2.05, 4.69) is 15.3 Å². The first-order valence-corrected chi connectivity index (χ1v) is 8.49. The molecule has 0 atom stereocenters. The van der Waals surface area contributed by atoms with Crippen molar-refractivity contribution in [2.75, 3.05) is 11.4 Å². The van der Waals surface area contributed by atoms with E-state index in [4.69, 9.17) is 4.74 Å². The molecule has 3 rings (SSSR count). The number of urea groups is 1. The maximum Gasteiger partial charge on any atom is 0.322 e. The zero-order chi connectivity index (χ0) is 19.1. The van der Waals surface area contributed by atoms with E-state index in [1.54, 1.807) is 47.8 Å². The third-order valence-corrected chi connectivity index (χ3v) is 3.69. The summed E-state index contributed by atoms with van der Waals surface area (Å²) in [5, 5.41) is 2.79. The molecular formula is C20H19FN4O2. The number of nitrogens with one attached hydrogen (secondary N) is 1. The molecule has 0 aliphatic heterocycles. The van der Waals surface area contributed by atoms with Crippen LogP contribution in [0.15, 0.2) is 67.1 Å². The Labute approximate surface area is 156 Å². The lowest BCUT2D eigenvalue weighted by atomic mass is 10.2. The zero-order valence-electron chi connectivity index (χ0n) is 14.8. The van der Waals surface area contributed by atoms with Gasteiger partial charge in [0.2, 0.25) is 5.88 Å². The SMILES string of the molecule is CCNC(=O)N(Cc1cccnc1)c1ccc(Oc2cccc(F)c2)nc1. The van der Waals surface area contributed by atoms with Gasteiger partial charge in [0.15, 0.2) is 0 Å². The number of hydrogen-bond donors (Lipinski definition) is 1. The van der Waals surface area contributed by atoms with Crippen molar-refractivity contribution in [1.82, 2.24) is 15.3 Å². The highest BCUT2D eigenvalue weighted by Crippen LogP contribution is 2.23. The van der Waals surface area contributed by atoms with Crippen LogP contribution in [0.1, 0.15) is 12.5 Å². The maximum absolute atomic E-state index is 13.3. The molecule has 1 N–H and O–H groups in total. The molecule has 0 saturated carbocycles. The lowest BCUT2D eigenvalue weighted by Crippen LogP contribution is -2.39. The first kappa shape index (κ1) is 18.3. The first-order valence-electron chi connectivity index (χ1n) is 8.49. The number of anilines is 1. The molecule has 2 aromatic heterocycles. The van der Waals surface area contributed by atoms with Crippen molar-refractivity contribution in [2.24, 2.45) is 0 Å². The molecule has 1 aromatic carbocycles. The number of halogens is 1. The summed E-state index contributed by atoms with van der Waals surface area (Å²) in [5.74, 6) is 0.274. The minimum absolute atomic E-state index is 0.234. The predicted octanol–water partition coefficient (Wildman–Crippen LogP) is 4.14. The largest absolute Gasteiger partial charge is 0.439 e.